The Morgan fingerprint density at radius 2 is 2.29 bits per heavy atom. The van der Waals surface area contributed by atoms with E-state index in [0.717, 1.165) is 5.82 Å². The van der Waals surface area contributed by atoms with E-state index >= 15 is 0 Å². The van der Waals surface area contributed by atoms with E-state index in [-0.39, 0.29) is 18.3 Å². The van der Waals surface area contributed by atoms with Crippen LogP contribution in [0.25, 0.3) is 0 Å². The van der Waals surface area contributed by atoms with Crippen LogP contribution >= 0.6 is 0 Å². The molecule has 0 radical (unpaired) electrons. The topological polar surface area (TPSA) is 59.0 Å². The normalized spacial score (nSPS) is 14.1. The van der Waals surface area contributed by atoms with Gasteiger partial charge >= 0.3 is 0 Å². The van der Waals surface area contributed by atoms with Gasteiger partial charge in [0.25, 0.3) is 0 Å². The van der Waals surface area contributed by atoms with Gasteiger partial charge in [0, 0.05) is 24.1 Å². The first-order valence-corrected chi connectivity index (χ1v) is 6.99. The molecule has 1 amide bonds. The van der Waals surface area contributed by atoms with Crippen LogP contribution in [0.4, 0.5) is 10.1 Å². The molecule has 1 aromatic carbocycles. The molecule has 5 nitrogen and oxygen atoms in total. The van der Waals surface area contributed by atoms with Crippen LogP contribution in [0.5, 0.6) is 0 Å². The summed E-state index contributed by atoms with van der Waals surface area (Å²) in [5.41, 5.74) is 0.456. The van der Waals surface area contributed by atoms with Crippen LogP contribution in [-0.2, 0) is 17.9 Å². The molecule has 1 aliphatic rings. The van der Waals surface area contributed by atoms with Crippen molar-refractivity contribution in [1.29, 1.82) is 0 Å². The van der Waals surface area contributed by atoms with Crippen molar-refractivity contribution in [3.63, 3.8) is 0 Å². The molecule has 0 saturated heterocycles. The van der Waals surface area contributed by atoms with Crippen LogP contribution in [0.2, 0.25) is 0 Å². The average molecular weight is 288 g/mol. The Bertz CT molecular complexity index is 636. The zero-order valence-electron chi connectivity index (χ0n) is 11.6. The van der Waals surface area contributed by atoms with Gasteiger partial charge in [-0.05, 0) is 31.0 Å². The van der Waals surface area contributed by atoms with E-state index in [4.69, 9.17) is 0 Å². The number of hydrogen-bond donors (Lipinski definition) is 2. The van der Waals surface area contributed by atoms with Gasteiger partial charge in [-0.15, -0.1) is 0 Å². The van der Waals surface area contributed by atoms with E-state index in [1.807, 2.05) is 0 Å². The fourth-order valence-electron chi connectivity index (χ4n) is 2.10. The number of carbonyl (C=O) groups is 1. The molecular weight excluding hydrogens is 271 g/mol. The second-order valence-corrected chi connectivity index (χ2v) is 5.19. The van der Waals surface area contributed by atoms with Crippen LogP contribution in [0.1, 0.15) is 18.7 Å². The molecule has 21 heavy (non-hydrogen) atoms. The van der Waals surface area contributed by atoms with Crippen molar-refractivity contribution < 1.29 is 9.18 Å². The smallest absolute Gasteiger partial charge is 0.244 e. The maximum Gasteiger partial charge on any atom is 0.244 e. The number of benzene rings is 1. The fourth-order valence-corrected chi connectivity index (χ4v) is 2.10. The summed E-state index contributed by atoms with van der Waals surface area (Å²) in [6.45, 7) is 0.823. The van der Waals surface area contributed by atoms with E-state index in [0.29, 0.717) is 18.3 Å². The van der Waals surface area contributed by atoms with E-state index in [1.54, 1.807) is 29.1 Å². The number of amides is 1. The number of imidazole rings is 1. The minimum Gasteiger partial charge on any atom is -0.324 e. The Hall–Kier alpha value is -2.21. The summed E-state index contributed by atoms with van der Waals surface area (Å²) in [6.07, 6.45) is 5.87. The summed E-state index contributed by atoms with van der Waals surface area (Å²) in [5, 5.41) is 6.04. The molecule has 2 N–H and O–H groups in total. The molecule has 3 rings (SSSR count). The number of rotatable bonds is 6. The van der Waals surface area contributed by atoms with E-state index < -0.39 is 0 Å². The van der Waals surface area contributed by atoms with Crippen molar-refractivity contribution in [2.75, 3.05) is 5.32 Å². The quantitative estimate of drug-likeness (QED) is 0.853. The van der Waals surface area contributed by atoms with Gasteiger partial charge in [-0.1, -0.05) is 6.07 Å². The first-order valence-electron chi connectivity index (χ1n) is 6.99. The fraction of sp³-hybridized carbons (Fsp3) is 0.333. The third-order valence-corrected chi connectivity index (χ3v) is 3.35. The number of anilines is 1. The molecule has 1 saturated carbocycles. The Morgan fingerprint density at radius 1 is 1.43 bits per heavy atom. The Labute approximate surface area is 122 Å². The van der Waals surface area contributed by atoms with Crippen LogP contribution in [0.3, 0.4) is 0 Å². The molecule has 0 aliphatic heterocycles. The van der Waals surface area contributed by atoms with E-state index in [9.17, 15) is 9.18 Å². The lowest BCUT2D eigenvalue weighted by Gasteiger charge is -2.09. The van der Waals surface area contributed by atoms with Crippen LogP contribution in [0, 0.1) is 5.82 Å². The highest BCUT2D eigenvalue weighted by molar-refractivity contribution is 5.90. The molecule has 1 heterocycles. The third kappa shape index (κ3) is 3.88. The van der Waals surface area contributed by atoms with Crippen LogP contribution in [0.15, 0.2) is 36.7 Å². The first-order chi connectivity index (χ1) is 10.2. The lowest BCUT2D eigenvalue weighted by Crippen LogP contribution is -2.23. The second-order valence-electron chi connectivity index (χ2n) is 5.19. The largest absolute Gasteiger partial charge is 0.324 e. The highest BCUT2D eigenvalue weighted by atomic mass is 19.1. The Morgan fingerprint density at radius 3 is 3.05 bits per heavy atom. The van der Waals surface area contributed by atoms with Gasteiger partial charge in [0.2, 0.25) is 5.91 Å². The molecule has 0 atom stereocenters. The molecule has 0 bridgehead atoms. The lowest BCUT2D eigenvalue weighted by atomic mass is 10.3. The molecule has 6 heteroatoms. The number of aromatic nitrogens is 2. The van der Waals surface area contributed by atoms with Crippen molar-refractivity contribution in [1.82, 2.24) is 14.9 Å². The zero-order chi connectivity index (χ0) is 14.7. The maximum atomic E-state index is 13.1. The molecule has 2 aromatic rings. The summed E-state index contributed by atoms with van der Waals surface area (Å²) >= 11 is 0. The van der Waals surface area contributed by atoms with Crippen molar-refractivity contribution in [3.05, 3.63) is 48.3 Å². The first kappa shape index (κ1) is 13.8. The third-order valence-electron chi connectivity index (χ3n) is 3.35. The highest BCUT2D eigenvalue weighted by Gasteiger charge is 2.21. The molecule has 110 valence electrons. The molecule has 0 spiro atoms. The average Bonchev–Trinajstić information content (AvgIpc) is 3.17. The highest BCUT2D eigenvalue weighted by Crippen LogP contribution is 2.19. The van der Waals surface area contributed by atoms with Crippen molar-refractivity contribution in [2.24, 2.45) is 0 Å². The summed E-state index contributed by atoms with van der Waals surface area (Å²) in [4.78, 5) is 16.2. The van der Waals surface area contributed by atoms with Gasteiger partial charge in [0.15, 0.2) is 0 Å². The summed E-state index contributed by atoms with van der Waals surface area (Å²) in [5.74, 6) is 0.257. The van der Waals surface area contributed by atoms with Crippen molar-refractivity contribution in [2.45, 2.75) is 32.0 Å². The van der Waals surface area contributed by atoms with Crippen molar-refractivity contribution in [3.8, 4) is 0 Å². The van der Waals surface area contributed by atoms with Gasteiger partial charge in [-0.3, -0.25) is 4.79 Å². The van der Waals surface area contributed by atoms with Gasteiger partial charge in [0.1, 0.15) is 18.2 Å². The van der Waals surface area contributed by atoms with Gasteiger partial charge in [-0.2, -0.15) is 0 Å². The molecular formula is C15H17FN4O. The van der Waals surface area contributed by atoms with Crippen LogP contribution in [-0.4, -0.2) is 21.5 Å². The number of halogens is 1. The Balaban J connectivity index is 1.57. The number of nitrogens with zero attached hydrogens (tertiary/aromatic N) is 2. The maximum absolute atomic E-state index is 13.1. The molecule has 1 fully saturated rings. The SMILES string of the molecule is O=C(Cn1ccnc1CNC1CC1)Nc1cccc(F)c1. The van der Waals surface area contributed by atoms with Gasteiger partial charge < -0.3 is 15.2 Å². The summed E-state index contributed by atoms with van der Waals surface area (Å²) < 4.78 is 14.9. The zero-order valence-corrected chi connectivity index (χ0v) is 11.6. The standard InChI is InChI=1S/C15H17FN4O/c16-11-2-1-3-13(8-11)19-15(21)10-20-7-6-17-14(20)9-18-12-4-5-12/h1-3,6-8,12,18H,4-5,9-10H2,(H,19,21). The number of hydrogen-bond acceptors (Lipinski definition) is 3. The molecule has 1 aliphatic carbocycles. The minimum atomic E-state index is -0.371. The summed E-state index contributed by atoms with van der Waals surface area (Å²) in [7, 11) is 0. The van der Waals surface area contributed by atoms with E-state index in [2.05, 4.69) is 15.6 Å². The van der Waals surface area contributed by atoms with Crippen LogP contribution < -0.4 is 10.6 Å². The molecule has 1 aromatic heterocycles. The molecule has 0 unspecified atom stereocenters. The predicted octanol–water partition coefficient (Wildman–Crippen LogP) is 1.91. The van der Waals surface area contributed by atoms with Gasteiger partial charge in [0.05, 0.1) is 6.54 Å². The van der Waals surface area contributed by atoms with E-state index in [1.165, 1.54) is 25.0 Å². The number of nitrogens with one attached hydrogen (secondary N) is 2. The predicted molar refractivity (Wildman–Crippen MR) is 77.1 cm³/mol. The van der Waals surface area contributed by atoms with Crippen molar-refractivity contribution >= 4 is 11.6 Å². The lowest BCUT2D eigenvalue weighted by molar-refractivity contribution is -0.116. The minimum absolute atomic E-state index is 0.165. The Kier molecular flexibility index (Phi) is 3.96. The second kappa shape index (κ2) is 6.05. The summed E-state index contributed by atoms with van der Waals surface area (Å²) in [6, 6.07) is 6.45. The van der Waals surface area contributed by atoms with Gasteiger partial charge in [-0.25, -0.2) is 9.37 Å². The number of carbonyl (C=O) groups excluding carboxylic acids is 1. The monoisotopic (exact) mass is 288 g/mol.